The summed E-state index contributed by atoms with van der Waals surface area (Å²) in [7, 11) is -6.98. The zero-order chi connectivity index (χ0) is 22.2. The Morgan fingerprint density at radius 1 is 1.00 bits per heavy atom. The van der Waals surface area contributed by atoms with Crippen LogP contribution in [-0.4, -0.2) is 51.9 Å². The predicted molar refractivity (Wildman–Crippen MR) is 119 cm³/mol. The van der Waals surface area contributed by atoms with Gasteiger partial charge in [0.1, 0.15) is 0 Å². The van der Waals surface area contributed by atoms with Gasteiger partial charge in [0, 0.05) is 34.8 Å². The highest BCUT2D eigenvalue weighted by molar-refractivity contribution is 7.94. The molecule has 2 heterocycles. The summed E-state index contributed by atoms with van der Waals surface area (Å²) in [6.45, 7) is 0.992. The maximum atomic E-state index is 13.3. The van der Waals surface area contributed by atoms with Crippen LogP contribution in [-0.2, 0) is 19.9 Å². The van der Waals surface area contributed by atoms with E-state index in [0.29, 0.717) is 23.8 Å². The number of carbonyl (C=O) groups is 1. The van der Waals surface area contributed by atoms with Crippen LogP contribution < -0.4 is 4.90 Å². The van der Waals surface area contributed by atoms with Gasteiger partial charge < -0.3 is 4.90 Å². The minimum absolute atomic E-state index is 0.132. The fourth-order valence-electron chi connectivity index (χ4n) is 3.77. The summed E-state index contributed by atoms with van der Waals surface area (Å²) in [5, 5.41) is 1.60. The van der Waals surface area contributed by atoms with Crippen LogP contribution >= 0.6 is 11.6 Å². The van der Waals surface area contributed by atoms with Gasteiger partial charge in [0.15, 0.2) is 9.84 Å². The molecule has 2 aliphatic rings. The molecule has 0 N–H and O–H groups in total. The fraction of sp³-hybridized carbons (Fsp3) is 0.286. The van der Waals surface area contributed by atoms with Crippen LogP contribution in [0.5, 0.6) is 0 Å². The quantitative estimate of drug-likeness (QED) is 0.655. The van der Waals surface area contributed by atoms with Gasteiger partial charge in [0.25, 0.3) is 5.91 Å². The number of hydrogen-bond donors (Lipinski definition) is 0. The number of amides is 1. The van der Waals surface area contributed by atoms with Crippen molar-refractivity contribution < 1.29 is 21.6 Å². The highest BCUT2D eigenvalue weighted by Gasteiger charge is 2.32. The van der Waals surface area contributed by atoms with Crippen molar-refractivity contribution in [2.24, 2.45) is 0 Å². The fourth-order valence-corrected chi connectivity index (χ4v) is 6.68. The Bertz CT molecular complexity index is 1220. The van der Waals surface area contributed by atoms with Crippen molar-refractivity contribution in [3.05, 3.63) is 70.6 Å². The first-order chi connectivity index (χ1) is 14.7. The van der Waals surface area contributed by atoms with Crippen LogP contribution in [0.2, 0.25) is 5.02 Å². The highest BCUT2D eigenvalue weighted by atomic mass is 35.5. The first-order valence-electron chi connectivity index (χ1n) is 9.78. The summed E-state index contributed by atoms with van der Waals surface area (Å²) < 4.78 is 50.8. The summed E-state index contributed by atoms with van der Waals surface area (Å²) in [6, 6.07) is 11.6. The molecule has 31 heavy (non-hydrogen) atoms. The van der Waals surface area contributed by atoms with Crippen molar-refractivity contribution in [2.75, 3.05) is 23.7 Å². The Morgan fingerprint density at radius 2 is 1.61 bits per heavy atom. The van der Waals surface area contributed by atoms with E-state index in [0.717, 1.165) is 18.2 Å². The molecule has 2 aromatic carbocycles. The first kappa shape index (κ1) is 22.0. The molecule has 4 rings (SSSR count). The van der Waals surface area contributed by atoms with Crippen molar-refractivity contribution in [3.8, 4) is 0 Å². The van der Waals surface area contributed by atoms with E-state index in [9.17, 15) is 21.6 Å². The minimum Gasteiger partial charge on any atom is -0.300 e. The zero-order valence-corrected chi connectivity index (χ0v) is 18.9. The zero-order valence-electron chi connectivity index (χ0n) is 16.5. The lowest BCUT2D eigenvalue weighted by Gasteiger charge is -2.28. The lowest BCUT2D eigenvalue weighted by atomic mass is 10.1. The predicted octanol–water partition coefficient (Wildman–Crippen LogP) is 3.08. The summed E-state index contributed by atoms with van der Waals surface area (Å²) in [6.07, 6.45) is 3.15. The van der Waals surface area contributed by atoms with Crippen LogP contribution in [0, 0.1) is 0 Å². The van der Waals surface area contributed by atoms with Crippen LogP contribution in [0.25, 0.3) is 0 Å². The van der Waals surface area contributed by atoms with Gasteiger partial charge in [0.05, 0.1) is 16.7 Å². The molecule has 7 nitrogen and oxygen atoms in total. The Hall–Kier alpha value is -2.20. The van der Waals surface area contributed by atoms with E-state index in [1.807, 2.05) is 0 Å². The smallest absolute Gasteiger partial charge is 0.258 e. The third-order valence-corrected chi connectivity index (χ3v) is 8.91. The van der Waals surface area contributed by atoms with Gasteiger partial charge in [-0.1, -0.05) is 11.6 Å². The Labute approximate surface area is 186 Å². The summed E-state index contributed by atoms with van der Waals surface area (Å²) in [5.74, 6) is -0.651. The van der Waals surface area contributed by atoms with Gasteiger partial charge in [0.2, 0.25) is 10.0 Å². The van der Waals surface area contributed by atoms with Crippen LogP contribution in [0.15, 0.2) is 64.9 Å². The average molecular weight is 481 g/mol. The van der Waals surface area contributed by atoms with Gasteiger partial charge >= 0.3 is 0 Å². The third-order valence-electron chi connectivity index (χ3n) is 5.37. The van der Waals surface area contributed by atoms with E-state index in [1.54, 1.807) is 24.3 Å². The maximum Gasteiger partial charge on any atom is 0.258 e. The molecule has 1 fully saturated rings. The van der Waals surface area contributed by atoms with E-state index in [-0.39, 0.29) is 16.2 Å². The number of sulfonamides is 1. The molecule has 2 aliphatic heterocycles. The molecule has 0 aliphatic carbocycles. The molecule has 0 spiro atoms. The lowest BCUT2D eigenvalue weighted by molar-refractivity contribution is 0.0983. The van der Waals surface area contributed by atoms with Crippen molar-refractivity contribution in [1.82, 2.24) is 4.31 Å². The Morgan fingerprint density at radius 3 is 2.16 bits per heavy atom. The molecule has 0 unspecified atom stereocenters. The third kappa shape index (κ3) is 4.55. The van der Waals surface area contributed by atoms with Crippen LogP contribution in [0.3, 0.4) is 0 Å². The van der Waals surface area contributed by atoms with E-state index < -0.39 is 31.8 Å². The maximum absolute atomic E-state index is 13.3. The number of benzene rings is 2. The molecular formula is C21H21ClN2O5S2. The second-order valence-electron chi connectivity index (χ2n) is 7.51. The largest absolute Gasteiger partial charge is 0.300 e. The monoisotopic (exact) mass is 480 g/mol. The van der Waals surface area contributed by atoms with E-state index in [1.165, 1.54) is 39.5 Å². The number of halogens is 1. The topological polar surface area (TPSA) is 91.8 Å². The van der Waals surface area contributed by atoms with Crippen molar-refractivity contribution in [1.29, 1.82) is 0 Å². The lowest BCUT2D eigenvalue weighted by Crippen LogP contribution is -2.41. The molecule has 0 bridgehead atoms. The Kier molecular flexibility index (Phi) is 5.95. The molecule has 1 amide bonds. The molecule has 0 radical (unpaired) electrons. The molecule has 1 saturated heterocycles. The molecule has 1 atom stereocenters. The van der Waals surface area contributed by atoms with Gasteiger partial charge in [-0.15, -0.1) is 0 Å². The molecule has 10 heteroatoms. The van der Waals surface area contributed by atoms with E-state index in [4.69, 9.17) is 11.6 Å². The van der Waals surface area contributed by atoms with Gasteiger partial charge in [-0.2, -0.15) is 4.31 Å². The Balaban J connectivity index is 1.65. The first-order valence-corrected chi connectivity index (χ1v) is 13.3. The van der Waals surface area contributed by atoms with E-state index >= 15 is 0 Å². The summed E-state index contributed by atoms with van der Waals surface area (Å²) >= 11 is 5.96. The van der Waals surface area contributed by atoms with Crippen molar-refractivity contribution in [3.63, 3.8) is 0 Å². The molecule has 0 aromatic heterocycles. The summed E-state index contributed by atoms with van der Waals surface area (Å²) in [5.41, 5.74) is 0.753. The molecule has 0 saturated carbocycles. The van der Waals surface area contributed by atoms with Crippen molar-refractivity contribution >= 4 is 43.1 Å². The second-order valence-corrected chi connectivity index (χ2v) is 11.8. The van der Waals surface area contributed by atoms with Gasteiger partial charge in [-0.25, -0.2) is 16.8 Å². The minimum atomic E-state index is -3.59. The number of rotatable bonds is 5. The standard InChI is InChI=1S/C21H21ClN2O5S2/c22-17-5-7-18(8-6-17)24(19-11-14-30(26,27)15-19)21(25)16-3-9-20(10-4-16)31(28,29)23-12-1-2-13-23/h3-11,14,19H,1-2,12-13,15H2/t19-/m1/s1. The molecule has 2 aromatic rings. The van der Waals surface area contributed by atoms with Gasteiger partial charge in [-0.3, -0.25) is 4.79 Å². The number of anilines is 1. The van der Waals surface area contributed by atoms with Crippen LogP contribution in [0.1, 0.15) is 23.2 Å². The normalized spacial score (nSPS) is 20.7. The van der Waals surface area contributed by atoms with Crippen LogP contribution in [0.4, 0.5) is 5.69 Å². The molecular weight excluding hydrogens is 460 g/mol. The summed E-state index contributed by atoms with van der Waals surface area (Å²) in [4.78, 5) is 14.9. The number of hydrogen-bond acceptors (Lipinski definition) is 5. The SMILES string of the molecule is O=C(c1ccc(S(=O)(=O)N2CCCC2)cc1)N(c1ccc(Cl)cc1)[C@@H]1C=CS(=O)(=O)C1. The second kappa shape index (κ2) is 8.38. The number of nitrogens with zero attached hydrogens (tertiary/aromatic N) is 2. The molecule has 164 valence electrons. The number of carbonyl (C=O) groups excluding carboxylic acids is 1. The number of sulfone groups is 1. The average Bonchev–Trinajstić information content (AvgIpc) is 3.40. The van der Waals surface area contributed by atoms with E-state index in [2.05, 4.69) is 0 Å². The highest BCUT2D eigenvalue weighted by Crippen LogP contribution is 2.27. The van der Waals surface area contributed by atoms with Crippen molar-refractivity contribution in [2.45, 2.75) is 23.8 Å². The van der Waals surface area contributed by atoms with Gasteiger partial charge in [-0.05, 0) is 67.4 Å².